The Bertz CT molecular complexity index is 1160. The largest absolute Gasteiger partial charge is 0.459 e. The van der Waals surface area contributed by atoms with Gasteiger partial charge in [0.25, 0.3) is 5.56 Å². The van der Waals surface area contributed by atoms with Gasteiger partial charge >= 0.3 is 5.97 Å². The lowest BCUT2D eigenvalue weighted by Gasteiger charge is -2.28. The van der Waals surface area contributed by atoms with Crippen LogP contribution in [0.1, 0.15) is 17.8 Å². The highest BCUT2D eigenvalue weighted by Crippen LogP contribution is 2.34. The van der Waals surface area contributed by atoms with Crippen molar-refractivity contribution in [3.05, 3.63) is 70.3 Å². The van der Waals surface area contributed by atoms with Crippen molar-refractivity contribution < 1.29 is 14.3 Å². The molecule has 0 bridgehead atoms. The number of para-hydroxylation sites is 1. The molecule has 0 spiro atoms. The number of hydrogen-bond donors (Lipinski definition) is 0. The fourth-order valence-corrected chi connectivity index (χ4v) is 4.20. The van der Waals surface area contributed by atoms with Crippen molar-refractivity contribution >= 4 is 35.0 Å². The summed E-state index contributed by atoms with van der Waals surface area (Å²) in [5, 5.41) is 0. The zero-order valence-corrected chi connectivity index (χ0v) is 16.6. The lowest BCUT2D eigenvalue weighted by molar-refractivity contribution is -0.144. The zero-order valence-electron chi connectivity index (χ0n) is 15.8. The summed E-state index contributed by atoms with van der Waals surface area (Å²) in [7, 11) is 0. The van der Waals surface area contributed by atoms with Crippen molar-refractivity contribution in [1.29, 1.82) is 0 Å². The first kappa shape index (κ1) is 19.2. The second-order valence-corrected chi connectivity index (χ2v) is 7.68. The van der Waals surface area contributed by atoms with E-state index in [1.54, 1.807) is 11.0 Å². The molecule has 0 saturated heterocycles. The third kappa shape index (κ3) is 4.02. The number of aromatic nitrogens is 2. The van der Waals surface area contributed by atoms with Crippen molar-refractivity contribution in [3.8, 4) is 0 Å². The topological polar surface area (TPSA) is 81.0 Å². The molecular formula is C21H19N3O4S. The van der Waals surface area contributed by atoms with E-state index in [0.29, 0.717) is 17.1 Å². The first-order valence-electron chi connectivity index (χ1n) is 9.19. The van der Waals surface area contributed by atoms with Gasteiger partial charge < -0.3 is 9.64 Å². The number of nitrogens with zero attached hydrogens (tertiary/aromatic N) is 3. The molecule has 4 rings (SSSR count). The molecule has 1 amide bonds. The second-order valence-electron chi connectivity index (χ2n) is 6.66. The van der Waals surface area contributed by atoms with Gasteiger partial charge in [-0.05, 0) is 31.2 Å². The smallest absolute Gasteiger partial charge is 0.307 e. The maximum Gasteiger partial charge on any atom is 0.307 e. The molecule has 0 unspecified atom stereocenters. The number of pyridine rings is 1. The van der Waals surface area contributed by atoms with E-state index >= 15 is 0 Å². The summed E-state index contributed by atoms with van der Waals surface area (Å²) in [6, 6.07) is 14.4. The van der Waals surface area contributed by atoms with E-state index < -0.39 is 5.97 Å². The molecule has 1 aliphatic rings. The number of benzene rings is 1. The number of fused-ring (bicyclic) bond motifs is 2. The van der Waals surface area contributed by atoms with Crippen molar-refractivity contribution in [2.75, 3.05) is 17.2 Å². The number of aryl methyl sites for hydroxylation is 1. The number of rotatable bonds is 5. The average molecular weight is 409 g/mol. The number of carbonyl (C=O) groups excluding carboxylic acids is 2. The van der Waals surface area contributed by atoms with Crippen LogP contribution in [0.4, 0.5) is 5.69 Å². The van der Waals surface area contributed by atoms with Crippen molar-refractivity contribution in [1.82, 2.24) is 9.38 Å². The van der Waals surface area contributed by atoms with Crippen LogP contribution in [-0.2, 0) is 20.9 Å². The van der Waals surface area contributed by atoms with Gasteiger partial charge in [0.05, 0.1) is 23.6 Å². The first-order valence-corrected chi connectivity index (χ1v) is 10.2. The van der Waals surface area contributed by atoms with Crippen molar-refractivity contribution in [2.45, 2.75) is 24.8 Å². The number of hydrogen-bond acceptors (Lipinski definition) is 6. The monoisotopic (exact) mass is 409 g/mol. The molecule has 0 saturated carbocycles. The quantitative estimate of drug-likeness (QED) is 0.603. The van der Waals surface area contributed by atoms with E-state index in [1.807, 2.05) is 43.3 Å². The fraction of sp³-hybridized carbons (Fsp3) is 0.238. The molecule has 1 aromatic carbocycles. The minimum absolute atomic E-state index is 0.0268. The van der Waals surface area contributed by atoms with Gasteiger partial charge in [0.15, 0.2) is 0 Å². The molecule has 0 fully saturated rings. The van der Waals surface area contributed by atoms with E-state index in [1.165, 1.54) is 22.2 Å². The normalized spacial score (nSPS) is 13.4. The van der Waals surface area contributed by atoms with Crippen molar-refractivity contribution in [2.24, 2.45) is 0 Å². The fourth-order valence-electron chi connectivity index (χ4n) is 3.27. The van der Waals surface area contributed by atoms with Gasteiger partial charge in [-0.15, -0.1) is 11.8 Å². The van der Waals surface area contributed by atoms with Crippen molar-refractivity contribution in [3.63, 3.8) is 0 Å². The Morgan fingerprint density at radius 2 is 2.00 bits per heavy atom. The van der Waals surface area contributed by atoms with Gasteiger partial charge in [0.2, 0.25) is 5.91 Å². The van der Waals surface area contributed by atoms with Crippen LogP contribution in [0.3, 0.4) is 0 Å². The van der Waals surface area contributed by atoms with Crippen LogP contribution in [0.5, 0.6) is 0 Å². The summed E-state index contributed by atoms with van der Waals surface area (Å²) in [4.78, 5) is 43.8. The Kier molecular flexibility index (Phi) is 5.35. The number of thioether (sulfide) groups is 1. The first-order chi connectivity index (χ1) is 14.0. The third-order valence-corrected chi connectivity index (χ3v) is 5.71. The number of ether oxygens (including phenoxy) is 1. The maximum absolute atomic E-state index is 12.3. The van der Waals surface area contributed by atoms with Gasteiger partial charge in [0.1, 0.15) is 12.3 Å². The van der Waals surface area contributed by atoms with Crippen LogP contribution >= 0.6 is 11.8 Å². The molecule has 3 aromatic rings. The molecule has 29 heavy (non-hydrogen) atoms. The van der Waals surface area contributed by atoms with Crippen LogP contribution in [0.25, 0.3) is 5.65 Å². The Labute approximate surface area is 171 Å². The molecule has 0 aliphatic carbocycles. The number of amides is 1. The van der Waals surface area contributed by atoms with Crippen LogP contribution in [0.2, 0.25) is 0 Å². The zero-order chi connectivity index (χ0) is 20.4. The van der Waals surface area contributed by atoms with E-state index in [-0.39, 0.29) is 31.0 Å². The third-order valence-electron chi connectivity index (χ3n) is 4.66. The molecule has 2 aromatic heterocycles. The summed E-state index contributed by atoms with van der Waals surface area (Å²) in [6.45, 7) is 2.00. The summed E-state index contributed by atoms with van der Waals surface area (Å²) in [6.07, 6.45) is 0.0659. The molecule has 0 N–H and O–H groups in total. The van der Waals surface area contributed by atoms with Gasteiger partial charge in [-0.25, -0.2) is 4.98 Å². The molecular weight excluding hydrogens is 390 g/mol. The average Bonchev–Trinajstić information content (AvgIpc) is 2.71. The SMILES string of the molecule is Cc1cccc2nc(COC(=O)CCN3C(=O)CSc4ccccc43)cc(=O)n12. The highest BCUT2D eigenvalue weighted by molar-refractivity contribution is 8.00. The standard InChI is InChI=1S/C21H19N3O4S/c1-14-5-4-8-18-22-15(11-19(25)24(14)18)12-28-21(27)9-10-23-16-6-2-3-7-17(16)29-13-20(23)26/h2-8,11H,9-10,12-13H2,1H3. The van der Waals surface area contributed by atoms with Gasteiger partial charge in [0, 0.05) is 23.2 Å². The minimum Gasteiger partial charge on any atom is -0.459 e. The van der Waals surface area contributed by atoms with E-state index in [9.17, 15) is 14.4 Å². The van der Waals surface area contributed by atoms with Crippen LogP contribution in [0, 0.1) is 6.92 Å². The minimum atomic E-state index is -0.445. The molecule has 148 valence electrons. The van der Waals surface area contributed by atoms with Gasteiger partial charge in [-0.3, -0.25) is 18.8 Å². The molecule has 1 aliphatic heterocycles. The molecule has 7 nitrogen and oxygen atoms in total. The van der Waals surface area contributed by atoms with Gasteiger partial charge in [-0.2, -0.15) is 0 Å². The number of esters is 1. The molecule has 3 heterocycles. The van der Waals surface area contributed by atoms with E-state index in [2.05, 4.69) is 4.98 Å². The van der Waals surface area contributed by atoms with E-state index in [0.717, 1.165) is 16.3 Å². The number of anilines is 1. The summed E-state index contributed by atoms with van der Waals surface area (Å²) in [5.41, 5.74) is 2.29. The second kappa shape index (κ2) is 8.08. The molecule has 8 heteroatoms. The highest BCUT2D eigenvalue weighted by Gasteiger charge is 2.24. The maximum atomic E-state index is 12.3. The predicted octanol–water partition coefficient (Wildman–Crippen LogP) is 2.58. The highest BCUT2D eigenvalue weighted by atomic mass is 32.2. The lowest BCUT2D eigenvalue weighted by Crippen LogP contribution is -2.37. The lowest BCUT2D eigenvalue weighted by atomic mass is 10.2. The summed E-state index contributed by atoms with van der Waals surface area (Å²) >= 11 is 1.50. The Morgan fingerprint density at radius 3 is 2.86 bits per heavy atom. The van der Waals surface area contributed by atoms with Crippen LogP contribution in [-0.4, -0.2) is 33.6 Å². The Hall–Kier alpha value is -3.13. The van der Waals surface area contributed by atoms with E-state index in [4.69, 9.17) is 4.74 Å². The van der Waals surface area contributed by atoms with Crippen LogP contribution in [0.15, 0.2) is 58.2 Å². The summed E-state index contributed by atoms with van der Waals surface area (Å²) in [5.74, 6) is -0.114. The number of carbonyl (C=O) groups is 2. The van der Waals surface area contributed by atoms with Gasteiger partial charge in [-0.1, -0.05) is 18.2 Å². The Morgan fingerprint density at radius 1 is 1.17 bits per heavy atom. The molecule has 0 radical (unpaired) electrons. The summed E-state index contributed by atoms with van der Waals surface area (Å²) < 4.78 is 6.79. The molecule has 0 atom stereocenters. The van der Waals surface area contributed by atoms with Crippen LogP contribution < -0.4 is 10.5 Å². The Balaban J connectivity index is 1.39. The predicted molar refractivity (Wildman–Crippen MR) is 110 cm³/mol.